The summed E-state index contributed by atoms with van der Waals surface area (Å²) in [5, 5.41) is 3.67. The van der Waals surface area contributed by atoms with E-state index in [0.29, 0.717) is 6.04 Å². The molecule has 1 aromatic carbocycles. The van der Waals surface area contributed by atoms with Crippen molar-refractivity contribution in [2.75, 3.05) is 13.7 Å². The Kier molecular flexibility index (Phi) is 5.07. The van der Waals surface area contributed by atoms with Gasteiger partial charge in [0.05, 0.1) is 7.11 Å². The molecule has 0 amide bonds. The fourth-order valence-corrected chi connectivity index (χ4v) is 3.31. The normalized spacial score (nSPS) is 19.2. The second-order valence-corrected chi connectivity index (χ2v) is 5.78. The van der Waals surface area contributed by atoms with E-state index in [9.17, 15) is 0 Å². The highest BCUT2D eigenvalue weighted by atomic mass is 79.9. The highest BCUT2D eigenvalue weighted by Crippen LogP contribution is 2.36. The third-order valence-electron chi connectivity index (χ3n) is 3.62. The molecular weight excluding hydrogens is 290 g/mol. The molecule has 0 saturated heterocycles. The number of fused-ring (bicyclic) bond motifs is 1. The first-order valence-corrected chi connectivity index (χ1v) is 7.65. The maximum atomic E-state index is 5.40. The Balaban J connectivity index is 2.35. The van der Waals surface area contributed by atoms with Gasteiger partial charge in [0.1, 0.15) is 5.75 Å². The Morgan fingerprint density at radius 1 is 1.39 bits per heavy atom. The van der Waals surface area contributed by atoms with Crippen molar-refractivity contribution >= 4 is 15.9 Å². The molecule has 2 nitrogen and oxygen atoms in total. The predicted octanol–water partition coefficient (Wildman–Crippen LogP) is 4.22. The lowest BCUT2D eigenvalue weighted by Crippen LogP contribution is -2.22. The molecule has 0 radical (unpaired) electrons. The van der Waals surface area contributed by atoms with Gasteiger partial charge in [0.15, 0.2) is 0 Å². The zero-order valence-corrected chi connectivity index (χ0v) is 12.8. The first-order chi connectivity index (χ1) is 8.76. The first kappa shape index (κ1) is 13.9. The molecule has 1 aliphatic carbocycles. The summed E-state index contributed by atoms with van der Waals surface area (Å²) in [4.78, 5) is 0. The lowest BCUT2D eigenvalue weighted by molar-refractivity contribution is 0.411. The number of hydrogen-bond donors (Lipinski definition) is 1. The monoisotopic (exact) mass is 311 g/mol. The van der Waals surface area contributed by atoms with E-state index in [1.807, 2.05) is 0 Å². The summed E-state index contributed by atoms with van der Waals surface area (Å²) < 4.78 is 6.59. The van der Waals surface area contributed by atoms with Crippen molar-refractivity contribution in [1.82, 2.24) is 5.32 Å². The molecule has 0 saturated carbocycles. The van der Waals surface area contributed by atoms with E-state index in [0.717, 1.165) is 12.3 Å². The predicted molar refractivity (Wildman–Crippen MR) is 79.3 cm³/mol. The molecule has 0 bridgehead atoms. The standard InChI is InChI=1S/C15H22BrNO/c1-3-8-17-15-7-5-4-6-12-13(15)9-11(18-2)10-14(12)16/h9-10,15,17H,3-8H2,1-2H3. The van der Waals surface area contributed by atoms with Crippen molar-refractivity contribution in [2.24, 2.45) is 0 Å². The van der Waals surface area contributed by atoms with Crippen molar-refractivity contribution < 1.29 is 4.74 Å². The summed E-state index contributed by atoms with van der Waals surface area (Å²) in [6, 6.07) is 4.77. The summed E-state index contributed by atoms with van der Waals surface area (Å²) in [6.07, 6.45) is 6.15. The fraction of sp³-hybridized carbons (Fsp3) is 0.600. The van der Waals surface area contributed by atoms with Gasteiger partial charge >= 0.3 is 0 Å². The minimum absolute atomic E-state index is 0.480. The van der Waals surface area contributed by atoms with Gasteiger partial charge < -0.3 is 10.1 Å². The molecule has 2 rings (SSSR count). The van der Waals surface area contributed by atoms with Crippen LogP contribution in [0.3, 0.4) is 0 Å². The third kappa shape index (κ3) is 3.07. The topological polar surface area (TPSA) is 21.3 Å². The van der Waals surface area contributed by atoms with Crippen molar-refractivity contribution in [2.45, 2.75) is 45.1 Å². The maximum absolute atomic E-state index is 5.40. The van der Waals surface area contributed by atoms with Crippen LogP contribution in [0.5, 0.6) is 5.75 Å². The minimum Gasteiger partial charge on any atom is -0.497 e. The number of hydrogen-bond acceptors (Lipinski definition) is 2. The average Bonchev–Trinajstić information content (AvgIpc) is 2.59. The van der Waals surface area contributed by atoms with E-state index in [4.69, 9.17) is 4.74 Å². The summed E-state index contributed by atoms with van der Waals surface area (Å²) in [5.74, 6) is 0.950. The van der Waals surface area contributed by atoms with Crippen molar-refractivity contribution in [3.8, 4) is 5.75 Å². The van der Waals surface area contributed by atoms with Crippen LogP contribution in [0.25, 0.3) is 0 Å². The van der Waals surface area contributed by atoms with Gasteiger partial charge in [0.2, 0.25) is 0 Å². The third-order valence-corrected chi connectivity index (χ3v) is 4.33. The molecule has 100 valence electrons. The quantitative estimate of drug-likeness (QED) is 0.840. The largest absolute Gasteiger partial charge is 0.497 e. The maximum Gasteiger partial charge on any atom is 0.120 e. The Morgan fingerprint density at radius 2 is 2.22 bits per heavy atom. The number of nitrogens with one attached hydrogen (secondary N) is 1. The summed E-state index contributed by atoms with van der Waals surface area (Å²) in [6.45, 7) is 3.30. The lowest BCUT2D eigenvalue weighted by Gasteiger charge is -2.21. The van der Waals surface area contributed by atoms with Crippen LogP contribution in [0.1, 0.15) is 49.8 Å². The van der Waals surface area contributed by atoms with E-state index < -0.39 is 0 Å². The lowest BCUT2D eigenvalue weighted by atomic mass is 9.98. The number of ether oxygens (including phenoxy) is 1. The van der Waals surface area contributed by atoms with Crippen LogP contribution in [0, 0.1) is 0 Å². The molecule has 0 fully saturated rings. The highest BCUT2D eigenvalue weighted by molar-refractivity contribution is 9.10. The summed E-state index contributed by atoms with van der Waals surface area (Å²) >= 11 is 3.70. The van der Waals surface area contributed by atoms with Crippen LogP contribution in [0.2, 0.25) is 0 Å². The molecular formula is C15H22BrNO. The molecule has 1 unspecified atom stereocenters. The van der Waals surface area contributed by atoms with Gasteiger partial charge in [-0.1, -0.05) is 29.3 Å². The Labute approximate surface area is 118 Å². The van der Waals surface area contributed by atoms with Gasteiger partial charge in [-0.3, -0.25) is 0 Å². The molecule has 0 aromatic heterocycles. The van der Waals surface area contributed by atoms with Gasteiger partial charge in [-0.05, 0) is 55.5 Å². The van der Waals surface area contributed by atoms with E-state index in [2.05, 4.69) is 40.3 Å². The van der Waals surface area contributed by atoms with Gasteiger partial charge in [0.25, 0.3) is 0 Å². The first-order valence-electron chi connectivity index (χ1n) is 6.86. The fourth-order valence-electron chi connectivity index (χ4n) is 2.66. The van der Waals surface area contributed by atoms with Crippen LogP contribution in [0.4, 0.5) is 0 Å². The summed E-state index contributed by atoms with van der Waals surface area (Å²) in [5.41, 5.74) is 2.88. The second-order valence-electron chi connectivity index (χ2n) is 4.93. The molecule has 1 aromatic rings. The number of halogens is 1. The number of rotatable bonds is 4. The molecule has 3 heteroatoms. The van der Waals surface area contributed by atoms with Crippen LogP contribution in [-0.4, -0.2) is 13.7 Å². The molecule has 0 aliphatic heterocycles. The Hall–Kier alpha value is -0.540. The van der Waals surface area contributed by atoms with Crippen LogP contribution >= 0.6 is 15.9 Å². The highest BCUT2D eigenvalue weighted by Gasteiger charge is 2.20. The van der Waals surface area contributed by atoms with Gasteiger partial charge in [-0.15, -0.1) is 0 Å². The van der Waals surface area contributed by atoms with Crippen molar-refractivity contribution in [1.29, 1.82) is 0 Å². The zero-order chi connectivity index (χ0) is 13.0. The van der Waals surface area contributed by atoms with Crippen LogP contribution in [0.15, 0.2) is 16.6 Å². The molecule has 1 aliphatic rings. The molecule has 1 N–H and O–H groups in total. The van der Waals surface area contributed by atoms with Crippen LogP contribution in [-0.2, 0) is 6.42 Å². The van der Waals surface area contributed by atoms with E-state index in [-0.39, 0.29) is 0 Å². The summed E-state index contributed by atoms with van der Waals surface area (Å²) in [7, 11) is 1.74. The Morgan fingerprint density at radius 3 is 2.94 bits per heavy atom. The van der Waals surface area contributed by atoms with E-state index in [1.54, 1.807) is 7.11 Å². The van der Waals surface area contributed by atoms with Gasteiger partial charge in [0, 0.05) is 10.5 Å². The molecule has 18 heavy (non-hydrogen) atoms. The SMILES string of the molecule is CCCNC1CCCCc2c(Br)cc(OC)cc21. The zero-order valence-electron chi connectivity index (χ0n) is 11.3. The van der Waals surface area contributed by atoms with Gasteiger partial charge in [-0.2, -0.15) is 0 Å². The number of methoxy groups -OCH3 is 1. The van der Waals surface area contributed by atoms with Crippen molar-refractivity contribution in [3.63, 3.8) is 0 Å². The average molecular weight is 312 g/mol. The molecule has 0 spiro atoms. The van der Waals surface area contributed by atoms with Crippen molar-refractivity contribution in [3.05, 3.63) is 27.7 Å². The number of benzene rings is 1. The van der Waals surface area contributed by atoms with Crippen LogP contribution < -0.4 is 10.1 Å². The van der Waals surface area contributed by atoms with E-state index >= 15 is 0 Å². The molecule has 1 atom stereocenters. The minimum atomic E-state index is 0.480. The smallest absolute Gasteiger partial charge is 0.120 e. The van der Waals surface area contributed by atoms with E-state index in [1.165, 1.54) is 47.7 Å². The second kappa shape index (κ2) is 6.58. The van der Waals surface area contributed by atoms with Gasteiger partial charge in [-0.25, -0.2) is 0 Å². The Bertz CT molecular complexity index is 406. The molecule has 0 heterocycles.